The van der Waals surface area contributed by atoms with Gasteiger partial charge < -0.3 is 24.6 Å². The predicted octanol–water partition coefficient (Wildman–Crippen LogP) is 8.31. The third-order valence-electron chi connectivity index (χ3n) is 8.89. The van der Waals surface area contributed by atoms with E-state index >= 15 is 0 Å². The lowest BCUT2D eigenvalue weighted by molar-refractivity contribution is -0.139. The smallest absolute Gasteiger partial charge is 0.480 e. The maximum atomic E-state index is 12.8. The van der Waals surface area contributed by atoms with Crippen molar-refractivity contribution in [3.05, 3.63) is 148 Å². The Bertz CT molecular complexity index is 1950. The van der Waals surface area contributed by atoms with Crippen molar-refractivity contribution in [1.82, 2.24) is 5.32 Å². The first-order chi connectivity index (χ1) is 23.4. The van der Waals surface area contributed by atoms with Crippen molar-refractivity contribution in [2.45, 2.75) is 24.3 Å². The number of carbonyl (C=O) groups excluding carboxylic acids is 2. The Morgan fingerprint density at radius 1 is 0.667 bits per heavy atom. The van der Waals surface area contributed by atoms with Crippen molar-refractivity contribution in [2.75, 3.05) is 13.2 Å². The van der Waals surface area contributed by atoms with Crippen LogP contribution in [0.1, 0.15) is 39.7 Å². The van der Waals surface area contributed by atoms with E-state index in [1.165, 1.54) is 0 Å². The van der Waals surface area contributed by atoms with Gasteiger partial charge in [0.15, 0.2) is 0 Å². The van der Waals surface area contributed by atoms with Crippen LogP contribution in [0.4, 0.5) is 9.59 Å². The molecule has 0 fully saturated rings. The van der Waals surface area contributed by atoms with E-state index in [-0.39, 0.29) is 37.2 Å². The minimum atomic E-state index is -1.25. The van der Waals surface area contributed by atoms with E-state index in [2.05, 4.69) is 33.4 Å². The van der Waals surface area contributed by atoms with Crippen LogP contribution < -0.4 is 10.1 Å². The van der Waals surface area contributed by atoms with Gasteiger partial charge in [0.25, 0.3) is 0 Å². The Kier molecular flexibility index (Phi) is 8.69. The Labute approximate surface area is 285 Å². The van der Waals surface area contributed by atoms with Crippen molar-refractivity contribution in [3.63, 3.8) is 0 Å². The molecule has 0 heterocycles. The minimum absolute atomic E-state index is 0.0245. The van der Waals surface area contributed by atoms with Crippen molar-refractivity contribution in [2.24, 2.45) is 0 Å². The van der Waals surface area contributed by atoms with Crippen molar-refractivity contribution < 1.29 is 33.7 Å². The summed E-state index contributed by atoms with van der Waals surface area (Å²) in [5.74, 6) is -1.25. The van der Waals surface area contributed by atoms with Crippen molar-refractivity contribution in [1.29, 1.82) is 0 Å². The van der Waals surface area contributed by atoms with Gasteiger partial charge in [-0.2, -0.15) is 0 Å². The lowest BCUT2D eigenvalue weighted by Crippen LogP contribution is -2.42. The highest BCUT2D eigenvalue weighted by molar-refractivity contribution is 9.10. The van der Waals surface area contributed by atoms with Crippen LogP contribution in [-0.2, 0) is 20.7 Å². The second-order valence-corrected chi connectivity index (χ2v) is 12.6. The summed E-state index contributed by atoms with van der Waals surface area (Å²) in [6, 6.07) is 35.7. The van der Waals surface area contributed by atoms with Gasteiger partial charge in [0.1, 0.15) is 25.0 Å². The number of ether oxygens (including phenoxy) is 3. The number of carbonyl (C=O) groups is 3. The normalized spacial score (nSPS) is 13.4. The van der Waals surface area contributed by atoms with Gasteiger partial charge >= 0.3 is 18.2 Å². The van der Waals surface area contributed by atoms with Crippen LogP contribution >= 0.6 is 15.9 Å². The molecule has 0 saturated heterocycles. The first kappa shape index (κ1) is 31.2. The van der Waals surface area contributed by atoms with Crippen LogP contribution in [0.5, 0.6) is 5.75 Å². The van der Waals surface area contributed by atoms with Crippen molar-refractivity contribution >= 4 is 34.1 Å². The predicted molar refractivity (Wildman–Crippen MR) is 183 cm³/mol. The van der Waals surface area contributed by atoms with E-state index in [0.29, 0.717) is 10.0 Å². The molecular weight excluding hydrogens is 674 g/mol. The Morgan fingerprint density at radius 2 is 1.12 bits per heavy atom. The van der Waals surface area contributed by atoms with Crippen LogP contribution in [0.3, 0.4) is 0 Å². The van der Waals surface area contributed by atoms with Gasteiger partial charge in [-0.1, -0.05) is 103 Å². The number of amides is 1. The van der Waals surface area contributed by atoms with Crippen LogP contribution in [0.15, 0.2) is 120 Å². The van der Waals surface area contributed by atoms with E-state index in [0.717, 1.165) is 44.5 Å². The molecule has 8 nitrogen and oxygen atoms in total. The Hall–Kier alpha value is -5.41. The lowest BCUT2D eigenvalue weighted by atomic mass is 9.98. The molecule has 0 aromatic heterocycles. The molecule has 9 heteroatoms. The molecule has 2 aliphatic carbocycles. The van der Waals surface area contributed by atoms with E-state index in [4.69, 9.17) is 14.2 Å². The average molecular weight is 705 g/mol. The summed E-state index contributed by atoms with van der Waals surface area (Å²) in [5.41, 5.74) is 9.35. The summed E-state index contributed by atoms with van der Waals surface area (Å²) in [4.78, 5) is 37.6. The fraction of sp³-hybridized carbons (Fsp3) is 0.154. The van der Waals surface area contributed by atoms with E-state index in [9.17, 15) is 19.5 Å². The molecule has 0 spiro atoms. The molecule has 0 saturated carbocycles. The molecule has 0 aliphatic heterocycles. The second-order valence-electron chi connectivity index (χ2n) is 11.7. The summed E-state index contributed by atoms with van der Waals surface area (Å²) < 4.78 is 17.0. The highest BCUT2D eigenvalue weighted by Gasteiger charge is 2.31. The molecule has 1 unspecified atom stereocenters. The van der Waals surface area contributed by atoms with Gasteiger partial charge in [0.05, 0.1) is 4.47 Å². The number of fused-ring (bicyclic) bond motifs is 6. The van der Waals surface area contributed by atoms with Gasteiger partial charge in [-0.15, -0.1) is 0 Å². The van der Waals surface area contributed by atoms with Gasteiger partial charge in [-0.3, -0.25) is 0 Å². The summed E-state index contributed by atoms with van der Waals surface area (Å²) >= 11 is 3.41. The van der Waals surface area contributed by atoms with E-state index in [1.807, 2.05) is 84.9 Å². The largest absolute Gasteiger partial charge is 0.513 e. The highest BCUT2D eigenvalue weighted by Crippen LogP contribution is 2.45. The number of carboxylic acid groups (broad SMARTS) is 1. The molecule has 1 amide bonds. The maximum absolute atomic E-state index is 12.8. The zero-order valence-electron chi connectivity index (χ0n) is 25.6. The van der Waals surface area contributed by atoms with E-state index in [1.54, 1.807) is 18.2 Å². The molecule has 7 rings (SSSR count). The van der Waals surface area contributed by atoms with Gasteiger partial charge in [0.2, 0.25) is 0 Å². The molecule has 2 N–H and O–H groups in total. The topological polar surface area (TPSA) is 111 Å². The van der Waals surface area contributed by atoms with E-state index < -0.39 is 24.3 Å². The van der Waals surface area contributed by atoms with Crippen LogP contribution in [-0.4, -0.2) is 42.6 Å². The van der Waals surface area contributed by atoms with Gasteiger partial charge in [0, 0.05) is 18.3 Å². The maximum Gasteiger partial charge on any atom is 0.513 e. The summed E-state index contributed by atoms with van der Waals surface area (Å²) in [7, 11) is 0. The van der Waals surface area contributed by atoms with Crippen LogP contribution in [0.2, 0.25) is 0 Å². The minimum Gasteiger partial charge on any atom is -0.480 e. The summed E-state index contributed by atoms with van der Waals surface area (Å²) in [6.07, 6.45) is -1.70. The monoisotopic (exact) mass is 703 g/mol. The number of carboxylic acids is 1. The number of hydrogen-bond acceptors (Lipinski definition) is 6. The fourth-order valence-electron chi connectivity index (χ4n) is 6.68. The molecule has 0 bridgehead atoms. The molecule has 0 radical (unpaired) electrons. The quantitative estimate of drug-likeness (QED) is 0.117. The summed E-state index contributed by atoms with van der Waals surface area (Å²) in [5, 5.41) is 12.3. The Balaban J connectivity index is 0.945. The SMILES string of the molecule is O=C(NC(Cc1ccc(OC(=O)OCC2c3ccccc3-c3ccccc32)c(Br)c1)C(=O)O)OCC1c2ccccc2-c2ccccc21. The highest BCUT2D eigenvalue weighted by atomic mass is 79.9. The molecule has 5 aromatic rings. The number of nitrogens with one attached hydrogen (secondary N) is 1. The zero-order valence-corrected chi connectivity index (χ0v) is 27.2. The fourth-order valence-corrected chi connectivity index (χ4v) is 7.19. The molecule has 1 atom stereocenters. The second kappa shape index (κ2) is 13.4. The number of halogens is 1. The first-order valence-electron chi connectivity index (χ1n) is 15.5. The number of benzene rings is 5. The number of aliphatic carboxylic acids is 1. The molecule has 5 aromatic carbocycles. The molecular formula is C39H30BrNO7. The number of rotatable bonds is 9. The van der Waals surface area contributed by atoms with Gasteiger partial charge in [-0.25, -0.2) is 14.4 Å². The summed E-state index contributed by atoms with van der Waals surface area (Å²) in [6.45, 7) is 0.185. The van der Waals surface area contributed by atoms with Gasteiger partial charge in [-0.05, 0) is 78.1 Å². The van der Waals surface area contributed by atoms with Crippen LogP contribution in [0, 0.1) is 0 Å². The average Bonchev–Trinajstić information content (AvgIpc) is 3.59. The number of alkyl carbamates (subject to hydrolysis) is 1. The Morgan fingerprint density at radius 3 is 1.58 bits per heavy atom. The third-order valence-corrected chi connectivity index (χ3v) is 9.51. The third kappa shape index (κ3) is 6.16. The molecule has 48 heavy (non-hydrogen) atoms. The molecule has 240 valence electrons. The standard InChI is InChI=1S/C39H30BrNO7/c40-34-19-23(17-18-36(34)48-39(45)47-22-33-30-15-7-3-11-26(30)27-12-4-8-16-31(27)33)20-35(37(42)43)41-38(44)46-21-32-28-13-5-1-9-24(28)25-10-2-6-14-29(25)32/h1-19,32-33,35H,20-22H2,(H,41,44)(H,42,43). The zero-order chi connectivity index (χ0) is 33.2. The lowest BCUT2D eigenvalue weighted by Gasteiger charge is -2.18. The number of hydrogen-bond donors (Lipinski definition) is 2. The van der Waals surface area contributed by atoms with Crippen LogP contribution in [0.25, 0.3) is 22.3 Å². The molecule has 2 aliphatic rings. The van der Waals surface area contributed by atoms with Crippen molar-refractivity contribution in [3.8, 4) is 28.0 Å². The first-order valence-corrected chi connectivity index (χ1v) is 16.3.